The number of para-hydroxylation sites is 1. The first kappa shape index (κ1) is 11.7. The van der Waals surface area contributed by atoms with Gasteiger partial charge in [-0.2, -0.15) is 0 Å². The molecule has 0 aliphatic carbocycles. The zero-order chi connectivity index (χ0) is 12.3. The molecule has 0 bridgehead atoms. The zero-order valence-electron chi connectivity index (χ0n) is 10.3. The Bertz CT molecular complexity index is 528. The normalized spacial score (nSPS) is 10.7. The molecule has 3 heteroatoms. The van der Waals surface area contributed by atoms with E-state index in [1.165, 1.54) is 10.9 Å². The second-order valence-corrected chi connectivity index (χ2v) is 3.96. The largest absolute Gasteiger partial charge is 0.465 e. The lowest BCUT2D eigenvalue weighted by Gasteiger charge is -2.08. The van der Waals surface area contributed by atoms with Crippen molar-refractivity contribution >= 4 is 16.9 Å². The van der Waals surface area contributed by atoms with Crippen molar-refractivity contribution in [2.45, 2.75) is 26.8 Å². The summed E-state index contributed by atoms with van der Waals surface area (Å²) in [7, 11) is 0. The van der Waals surface area contributed by atoms with E-state index in [2.05, 4.69) is 25.1 Å². The van der Waals surface area contributed by atoms with E-state index in [0.717, 1.165) is 11.9 Å². The lowest BCUT2D eigenvalue weighted by atomic mass is 10.1. The van der Waals surface area contributed by atoms with Crippen LogP contribution in [-0.4, -0.2) is 17.1 Å². The molecule has 2 aromatic rings. The number of hydrogen-bond donors (Lipinski definition) is 0. The van der Waals surface area contributed by atoms with Crippen molar-refractivity contribution in [2.75, 3.05) is 6.61 Å². The van der Waals surface area contributed by atoms with Crippen molar-refractivity contribution in [1.82, 2.24) is 4.57 Å². The molecule has 0 radical (unpaired) electrons. The van der Waals surface area contributed by atoms with Gasteiger partial charge in [-0.15, -0.1) is 0 Å². The molecule has 0 atom stereocenters. The van der Waals surface area contributed by atoms with Crippen LogP contribution in [0.3, 0.4) is 0 Å². The third kappa shape index (κ3) is 2.33. The molecule has 90 valence electrons. The van der Waals surface area contributed by atoms with Crippen LogP contribution in [0.25, 0.3) is 10.9 Å². The fourth-order valence-corrected chi connectivity index (χ4v) is 2.10. The molecule has 2 rings (SSSR count). The summed E-state index contributed by atoms with van der Waals surface area (Å²) in [4.78, 5) is 11.5. The van der Waals surface area contributed by atoms with Gasteiger partial charge >= 0.3 is 5.97 Å². The molecule has 1 heterocycles. The Kier molecular flexibility index (Phi) is 3.47. The fraction of sp³-hybridized carbons (Fsp3) is 0.357. The first-order valence-corrected chi connectivity index (χ1v) is 5.98. The molecular formula is C14H17NO2. The summed E-state index contributed by atoms with van der Waals surface area (Å²) in [6.07, 6.45) is 2.91. The van der Waals surface area contributed by atoms with Crippen molar-refractivity contribution in [3.8, 4) is 0 Å². The maximum Gasteiger partial charge on any atom is 0.325 e. The molecule has 0 saturated carbocycles. The minimum Gasteiger partial charge on any atom is -0.465 e. The highest BCUT2D eigenvalue weighted by molar-refractivity contribution is 5.84. The first-order chi connectivity index (χ1) is 8.26. The number of esters is 1. The van der Waals surface area contributed by atoms with Gasteiger partial charge in [0.25, 0.3) is 0 Å². The number of carbonyl (C=O) groups excluding carboxylic acids is 1. The van der Waals surface area contributed by atoms with Gasteiger partial charge in [-0.3, -0.25) is 4.79 Å². The third-order valence-corrected chi connectivity index (χ3v) is 2.86. The molecule has 0 N–H and O–H groups in total. The van der Waals surface area contributed by atoms with E-state index >= 15 is 0 Å². The zero-order valence-corrected chi connectivity index (χ0v) is 10.3. The predicted octanol–water partition coefficient (Wildman–Crippen LogP) is 2.77. The van der Waals surface area contributed by atoms with Gasteiger partial charge in [0.1, 0.15) is 6.54 Å². The number of rotatable bonds is 4. The molecule has 0 amide bonds. The summed E-state index contributed by atoms with van der Waals surface area (Å²) in [5.74, 6) is -0.184. The maximum atomic E-state index is 11.5. The molecule has 0 aliphatic heterocycles. The second-order valence-electron chi connectivity index (χ2n) is 3.96. The van der Waals surface area contributed by atoms with Gasteiger partial charge in [0.2, 0.25) is 0 Å². The second kappa shape index (κ2) is 5.04. The molecule has 1 aromatic heterocycles. The number of benzene rings is 1. The van der Waals surface area contributed by atoms with Crippen LogP contribution in [0.1, 0.15) is 19.4 Å². The van der Waals surface area contributed by atoms with E-state index in [1.54, 1.807) is 0 Å². The highest BCUT2D eigenvalue weighted by atomic mass is 16.5. The van der Waals surface area contributed by atoms with E-state index in [-0.39, 0.29) is 12.5 Å². The van der Waals surface area contributed by atoms with Crippen molar-refractivity contribution in [3.63, 3.8) is 0 Å². The van der Waals surface area contributed by atoms with Crippen molar-refractivity contribution < 1.29 is 9.53 Å². The highest BCUT2D eigenvalue weighted by Gasteiger charge is 2.09. The van der Waals surface area contributed by atoms with Crippen LogP contribution in [0.5, 0.6) is 0 Å². The van der Waals surface area contributed by atoms with Gasteiger partial charge in [-0.25, -0.2) is 0 Å². The van der Waals surface area contributed by atoms with E-state index in [4.69, 9.17) is 4.74 Å². The minimum absolute atomic E-state index is 0.184. The summed E-state index contributed by atoms with van der Waals surface area (Å²) in [6.45, 7) is 4.66. The number of ether oxygens (including phenoxy) is 1. The summed E-state index contributed by atoms with van der Waals surface area (Å²) in [6, 6.07) is 8.25. The van der Waals surface area contributed by atoms with Crippen LogP contribution in [0.4, 0.5) is 0 Å². The lowest BCUT2D eigenvalue weighted by Crippen LogP contribution is -2.13. The molecule has 17 heavy (non-hydrogen) atoms. The van der Waals surface area contributed by atoms with Crippen molar-refractivity contribution in [2.24, 2.45) is 0 Å². The van der Waals surface area contributed by atoms with Crippen LogP contribution >= 0.6 is 0 Å². The average molecular weight is 231 g/mol. The SMILES string of the molecule is CCOC(=O)Cn1ccc2cccc(CC)c21. The third-order valence-electron chi connectivity index (χ3n) is 2.86. The lowest BCUT2D eigenvalue weighted by molar-refractivity contribution is -0.143. The topological polar surface area (TPSA) is 31.2 Å². The molecular weight excluding hydrogens is 214 g/mol. The standard InChI is InChI=1S/C14H17NO2/c1-3-11-6-5-7-12-8-9-15(14(11)12)10-13(16)17-4-2/h5-9H,3-4,10H2,1-2H3. The number of nitrogens with zero attached hydrogens (tertiary/aromatic N) is 1. The van der Waals surface area contributed by atoms with Gasteiger partial charge in [-0.05, 0) is 30.4 Å². The molecule has 0 fully saturated rings. The molecule has 1 aromatic carbocycles. The molecule has 0 unspecified atom stereocenters. The summed E-state index contributed by atoms with van der Waals surface area (Å²) < 4.78 is 6.94. The van der Waals surface area contributed by atoms with Crippen LogP contribution in [-0.2, 0) is 22.5 Å². The van der Waals surface area contributed by atoms with Crippen molar-refractivity contribution in [1.29, 1.82) is 0 Å². The van der Waals surface area contributed by atoms with Crippen molar-refractivity contribution in [3.05, 3.63) is 36.0 Å². The summed E-state index contributed by atoms with van der Waals surface area (Å²) in [5, 5.41) is 1.17. The number of hydrogen-bond acceptors (Lipinski definition) is 2. The summed E-state index contributed by atoms with van der Waals surface area (Å²) >= 11 is 0. The number of carbonyl (C=O) groups is 1. The van der Waals surface area contributed by atoms with Crippen LogP contribution in [0.2, 0.25) is 0 Å². The number of aryl methyl sites for hydroxylation is 1. The first-order valence-electron chi connectivity index (χ1n) is 5.98. The Morgan fingerprint density at radius 3 is 2.82 bits per heavy atom. The highest BCUT2D eigenvalue weighted by Crippen LogP contribution is 2.20. The smallest absolute Gasteiger partial charge is 0.325 e. The maximum absolute atomic E-state index is 11.5. The number of fused-ring (bicyclic) bond motifs is 1. The Balaban J connectivity index is 2.37. The van der Waals surface area contributed by atoms with Gasteiger partial charge in [-0.1, -0.05) is 25.1 Å². The monoisotopic (exact) mass is 231 g/mol. The molecule has 0 saturated heterocycles. The van der Waals surface area contributed by atoms with Crippen LogP contribution in [0, 0.1) is 0 Å². The quantitative estimate of drug-likeness (QED) is 0.758. The van der Waals surface area contributed by atoms with Gasteiger partial charge in [0.05, 0.1) is 12.1 Å². The summed E-state index contributed by atoms with van der Waals surface area (Å²) in [5.41, 5.74) is 2.40. The molecule has 0 aliphatic rings. The van der Waals surface area contributed by atoms with E-state index in [9.17, 15) is 4.79 Å². The minimum atomic E-state index is -0.184. The van der Waals surface area contributed by atoms with E-state index in [0.29, 0.717) is 6.61 Å². The van der Waals surface area contributed by atoms with Crippen LogP contribution < -0.4 is 0 Å². The number of aromatic nitrogens is 1. The Morgan fingerprint density at radius 2 is 2.12 bits per heavy atom. The van der Waals surface area contributed by atoms with Crippen LogP contribution in [0.15, 0.2) is 30.5 Å². The Labute approximate surface area is 101 Å². The molecule has 0 spiro atoms. The van der Waals surface area contributed by atoms with E-state index < -0.39 is 0 Å². The Morgan fingerprint density at radius 1 is 1.29 bits per heavy atom. The molecule has 3 nitrogen and oxygen atoms in total. The average Bonchev–Trinajstić information content (AvgIpc) is 2.73. The van der Waals surface area contributed by atoms with Gasteiger partial charge < -0.3 is 9.30 Å². The predicted molar refractivity (Wildman–Crippen MR) is 67.9 cm³/mol. The van der Waals surface area contributed by atoms with E-state index in [1.807, 2.05) is 23.8 Å². The Hall–Kier alpha value is -1.77. The van der Waals surface area contributed by atoms with Gasteiger partial charge in [0.15, 0.2) is 0 Å². The fourth-order valence-electron chi connectivity index (χ4n) is 2.10. The van der Waals surface area contributed by atoms with Gasteiger partial charge in [0, 0.05) is 6.20 Å².